The topological polar surface area (TPSA) is 231 Å². The lowest BCUT2D eigenvalue weighted by Crippen LogP contribution is -2.30. The van der Waals surface area contributed by atoms with Crippen LogP contribution in [0.1, 0.15) is 342 Å². The minimum atomic E-state index is -4.92. The molecule has 16 nitrogen and oxygen atoms in total. The van der Waals surface area contributed by atoms with Crippen molar-refractivity contribution in [1.29, 1.82) is 0 Å². The molecule has 0 heterocycles. The number of phosphoric acid groups is 2. The van der Waals surface area contributed by atoms with Crippen molar-refractivity contribution < 1.29 is 75.8 Å². The van der Waals surface area contributed by atoms with Crippen molar-refractivity contribution >= 4 is 33.6 Å². The molecular formula is C79H142O16P2. The Balaban J connectivity index is 4.38. The lowest BCUT2D eigenvalue weighted by molar-refractivity contribution is -0.161. The molecule has 4 N–H and O–H groups in total. The molecule has 97 heavy (non-hydrogen) atoms. The summed E-state index contributed by atoms with van der Waals surface area (Å²) in [4.78, 5) is 58.5. The van der Waals surface area contributed by atoms with Gasteiger partial charge in [0.05, 0.1) is 26.4 Å². The molecule has 0 saturated carbocycles. The molecule has 564 valence electrons. The van der Waals surface area contributed by atoms with Gasteiger partial charge in [0.15, 0.2) is 6.10 Å². The van der Waals surface area contributed by atoms with Gasteiger partial charge in [-0.05, 0) is 103 Å². The Kier molecular flexibility index (Phi) is 70.1. The molecule has 0 aliphatic heterocycles. The Bertz CT molecular complexity index is 2110. The van der Waals surface area contributed by atoms with Gasteiger partial charge in [0.25, 0.3) is 0 Å². The fourth-order valence-corrected chi connectivity index (χ4v) is 12.2. The summed E-state index contributed by atoms with van der Waals surface area (Å²) >= 11 is 0. The van der Waals surface area contributed by atoms with Crippen LogP contribution in [0.15, 0.2) is 85.1 Å². The second kappa shape index (κ2) is 72.5. The second-order valence-corrected chi connectivity index (χ2v) is 29.1. The van der Waals surface area contributed by atoms with E-state index in [1.54, 1.807) is 0 Å². The summed E-state index contributed by atoms with van der Waals surface area (Å²) in [6.45, 7) is 2.63. The van der Waals surface area contributed by atoms with Gasteiger partial charge in [-0.2, -0.15) is 0 Å². The Hall–Kier alpha value is -3.27. The van der Waals surface area contributed by atoms with Gasteiger partial charge >= 0.3 is 33.6 Å². The summed E-state index contributed by atoms with van der Waals surface area (Å²) in [5.41, 5.74) is 0. The van der Waals surface area contributed by atoms with Crippen LogP contribution in [0.4, 0.5) is 0 Å². The Morgan fingerprint density at radius 1 is 0.289 bits per heavy atom. The first-order valence-electron chi connectivity index (χ1n) is 38.9. The minimum Gasteiger partial charge on any atom is -0.463 e. The minimum absolute atomic E-state index is 0.105. The number of unbranched alkanes of at least 4 members (excludes halogenated alkanes) is 37. The van der Waals surface area contributed by atoms with Crippen LogP contribution >= 0.6 is 15.6 Å². The summed E-state index contributed by atoms with van der Waals surface area (Å²) in [7, 11) is -9.77. The van der Waals surface area contributed by atoms with E-state index < -0.39 is 91.5 Å². The maximum Gasteiger partial charge on any atom is 0.472 e. The Labute approximate surface area is 591 Å². The average molecular weight is 1410 g/mol. The predicted octanol–water partition coefficient (Wildman–Crippen LogP) is 22.4. The fourth-order valence-electron chi connectivity index (χ4n) is 10.6. The zero-order valence-electron chi connectivity index (χ0n) is 61.5. The quantitative estimate of drug-likeness (QED) is 0.0146. The number of aliphatic hydroxyl groups excluding tert-OH is 2. The Morgan fingerprint density at radius 3 is 0.835 bits per heavy atom. The molecule has 18 heteroatoms. The van der Waals surface area contributed by atoms with Crippen LogP contribution in [0.3, 0.4) is 0 Å². The van der Waals surface area contributed by atoms with Crippen molar-refractivity contribution in [3.05, 3.63) is 85.1 Å². The van der Waals surface area contributed by atoms with E-state index in [2.05, 4.69) is 106 Å². The molecule has 5 atom stereocenters. The molecule has 0 amide bonds. The van der Waals surface area contributed by atoms with Crippen LogP contribution in [0.25, 0.3) is 0 Å². The van der Waals surface area contributed by atoms with Crippen LogP contribution in [0.2, 0.25) is 0 Å². The van der Waals surface area contributed by atoms with Gasteiger partial charge in [-0.1, -0.05) is 305 Å². The number of ether oxygens (including phenoxy) is 3. The van der Waals surface area contributed by atoms with Gasteiger partial charge in [0.2, 0.25) is 0 Å². The summed E-state index contributed by atoms with van der Waals surface area (Å²) in [5.74, 6) is -1.58. The van der Waals surface area contributed by atoms with Crippen molar-refractivity contribution in [3.8, 4) is 0 Å². The smallest absolute Gasteiger partial charge is 0.463 e. The molecule has 0 saturated heterocycles. The highest BCUT2D eigenvalue weighted by Gasteiger charge is 2.29. The van der Waals surface area contributed by atoms with Gasteiger partial charge in [0.1, 0.15) is 25.4 Å². The van der Waals surface area contributed by atoms with E-state index in [-0.39, 0.29) is 19.3 Å². The monoisotopic (exact) mass is 1410 g/mol. The highest BCUT2D eigenvalue weighted by atomic mass is 31.2. The van der Waals surface area contributed by atoms with E-state index in [0.717, 1.165) is 122 Å². The second-order valence-electron chi connectivity index (χ2n) is 26.2. The van der Waals surface area contributed by atoms with E-state index in [1.807, 2.05) is 0 Å². The Morgan fingerprint density at radius 2 is 0.515 bits per heavy atom. The van der Waals surface area contributed by atoms with Crippen molar-refractivity contribution in [2.45, 2.75) is 360 Å². The van der Waals surface area contributed by atoms with E-state index in [0.29, 0.717) is 19.3 Å². The molecule has 0 aliphatic carbocycles. The van der Waals surface area contributed by atoms with Crippen LogP contribution in [0, 0.1) is 0 Å². The van der Waals surface area contributed by atoms with E-state index in [9.17, 15) is 43.5 Å². The number of rotatable bonds is 74. The average Bonchev–Trinajstić information content (AvgIpc) is 2.81. The van der Waals surface area contributed by atoms with E-state index in [1.165, 1.54) is 161 Å². The largest absolute Gasteiger partial charge is 0.472 e. The maximum atomic E-state index is 12.9. The zero-order valence-corrected chi connectivity index (χ0v) is 63.3. The summed E-state index contributed by atoms with van der Waals surface area (Å²) in [5, 5.41) is 20.6. The third-order valence-electron chi connectivity index (χ3n) is 16.6. The highest BCUT2D eigenvalue weighted by molar-refractivity contribution is 7.47. The molecule has 0 radical (unpaired) electrons. The van der Waals surface area contributed by atoms with E-state index >= 15 is 0 Å². The summed E-state index contributed by atoms with van der Waals surface area (Å²) in [6, 6.07) is 0. The van der Waals surface area contributed by atoms with Gasteiger partial charge in [-0.25, -0.2) is 9.13 Å². The first kappa shape index (κ1) is 93.7. The lowest BCUT2D eigenvalue weighted by Gasteiger charge is -2.21. The predicted molar refractivity (Wildman–Crippen MR) is 399 cm³/mol. The molecule has 5 unspecified atom stereocenters. The third-order valence-corrected chi connectivity index (χ3v) is 18.5. The molecule has 0 spiro atoms. The number of phosphoric ester groups is 2. The van der Waals surface area contributed by atoms with Crippen LogP contribution in [-0.4, -0.2) is 95.9 Å². The van der Waals surface area contributed by atoms with Crippen LogP contribution in [-0.2, 0) is 55.8 Å². The molecular weight excluding hydrogens is 1270 g/mol. The van der Waals surface area contributed by atoms with Crippen molar-refractivity contribution in [2.75, 3.05) is 39.6 Å². The van der Waals surface area contributed by atoms with Crippen molar-refractivity contribution in [3.63, 3.8) is 0 Å². The molecule has 0 rings (SSSR count). The first-order chi connectivity index (χ1) is 47.2. The third kappa shape index (κ3) is 73.8. The standard InChI is InChI=1S/C79H142O16P2/c1-4-7-10-13-16-19-22-24-26-28-30-31-32-33-34-35-36-37-38-39-40-41-43-45-46-48-51-53-56-59-62-65-77(82)89-68-74(80)69-91-96(85,86)92-70-75(81)71-93-97(87,88)94-73-76(95-79(84)67-64-61-58-55-50-21-18-15-12-9-6-3)72-90-78(83)66-63-60-57-54-52-49-47-44-42-29-27-25-23-20-17-14-11-8-5-2/h16-17,19-20,24-27,30-31,33-34,42,44,74-76,80-81H,4-15,18,21-23,28-29,32,35-41,43,45-73H2,1-3H3,(H,85,86)(H,87,88)/b19-16-,20-17-,26-24-,27-25-,31-30-,34-33-,44-42-. The number of allylic oxidation sites excluding steroid dienone is 14. The van der Waals surface area contributed by atoms with Gasteiger partial charge in [-0.15, -0.1) is 0 Å². The van der Waals surface area contributed by atoms with Crippen LogP contribution in [0.5, 0.6) is 0 Å². The van der Waals surface area contributed by atoms with Gasteiger partial charge in [-0.3, -0.25) is 32.5 Å². The number of hydrogen-bond acceptors (Lipinski definition) is 14. The molecule has 0 aromatic heterocycles. The van der Waals surface area contributed by atoms with Crippen LogP contribution < -0.4 is 0 Å². The van der Waals surface area contributed by atoms with Crippen molar-refractivity contribution in [1.82, 2.24) is 0 Å². The molecule has 0 aromatic carbocycles. The van der Waals surface area contributed by atoms with Crippen molar-refractivity contribution in [2.24, 2.45) is 0 Å². The zero-order chi connectivity index (χ0) is 70.9. The highest BCUT2D eigenvalue weighted by Crippen LogP contribution is 2.45. The van der Waals surface area contributed by atoms with Gasteiger partial charge < -0.3 is 34.2 Å². The first-order valence-corrected chi connectivity index (χ1v) is 41.9. The molecule has 0 bridgehead atoms. The number of hydrogen-bond donors (Lipinski definition) is 4. The number of carbonyl (C=O) groups excluding carboxylic acids is 3. The van der Waals surface area contributed by atoms with Gasteiger partial charge in [0, 0.05) is 19.3 Å². The molecule has 0 fully saturated rings. The summed E-state index contributed by atoms with van der Waals surface area (Å²) < 4.78 is 61.0. The summed E-state index contributed by atoms with van der Waals surface area (Å²) in [6.07, 6.45) is 80.8. The number of esters is 3. The number of carbonyl (C=O) groups is 3. The molecule has 0 aliphatic rings. The molecule has 0 aromatic rings. The maximum absolute atomic E-state index is 12.9. The number of aliphatic hydroxyl groups is 2. The SMILES string of the molecule is CCCCC/C=C\C/C=C\C/C=C\C/C=C\CCCCCCCCCCCCCCCCCC(=O)OCC(O)COP(=O)(O)OCC(O)COP(=O)(O)OCC(COC(=O)CCCCCCCC/C=C\C/C=C\C/C=C\CCCCC)OC(=O)CCCCCCCCCCCCC. The lowest BCUT2D eigenvalue weighted by atomic mass is 10.0. The fraction of sp³-hybridized carbons (Fsp3) is 0.785. The normalized spacial score (nSPS) is 14.5. The van der Waals surface area contributed by atoms with E-state index in [4.69, 9.17) is 32.3 Å².